The van der Waals surface area contributed by atoms with E-state index in [1.807, 2.05) is 12.1 Å². The molecule has 2 aromatic carbocycles. The second kappa shape index (κ2) is 8.77. The van der Waals surface area contributed by atoms with Gasteiger partial charge in [-0.2, -0.15) is 4.31 Å². The smallest absolute Gasteiger partial charge is 0.243 e. The fourth-order valence-electron chi connectivity index (χ4n) is 2.76. The second-order valence-corrected chi connectivity index (χ2v) is 9.44. The molecule has 0 unspecified atom stereocenters. The number of sulfonamides is 1. The third kappa shape index (κ3) is 4.65. The predicted octanol–water partition coefficient (Wildman–Crippen LogP) is 3.24. The lowest BCUT2D eigenvalue weighted by Crippen LogP contribution is -2.51. The Morgan fingerprint density at radius 1 is 1.04 bits per heavy atom. The van der Waals surface area contributed by atoms with Gasteiger partial charge in [-0.25, -0.2) is 17.2 Å². The van der Waals surface area contributed by atoms with E-state index in [1.54, 1.807) is 17.0 Å². The minimum absolute atomic E-state index is 0.0871. The Morgan fingerprint density at radius 2 is 1.71 bits per heavy atom. The summed E-state index contributed by atoms with van der Waals surface area (Å²) in [6.45, 7) is 0.628. The third-order valence-corrected chi connectivity index (χ3v) is 7.70. The fraction of sp³-hybridized carbons (Fsp3) is 0.278. The minimum atomic E-state index is -3.95. The van der Waals surface area contributed by atoms with Crippen LogP contribution < -0.4 is 0 Å². The average molecular weight is 447 g/mol. The summed E-state index contributed by atoms with van der Waals surface area (Å²) in [6, 6.07) is 9.70. The summed E-state index contributed by atoms with van der Waals surface area (Å²) in [4.78, 5) is 14.5. The molecular formula is C18H17ClF2N2O3S2. The molecule has 0 radical (unpaired) electrons. The molecule has 28 heavy (non-hydrogen) atoms. The van der Waals surface area contributed by atoms with Gasteiger partial charge in [0.05, 0.1) is 15.7 Å². The maximum absolute atomic E-state index is 13.4. The van der Waals surface area contributed by atoms with Crippen molar-refractivity contribution < 1.29 is 22.0 Å². The zero-order chi connectivity index (χ0) is 20.3. The number of carbonyl (C=O) groups excluding carboxylic acids is 1. The molecule has 1 saturated heterocycles. The number of carbonyl (C=O) groups is 1. The highest BCUT2D eigenvalue weighted by Crippen LogP contribution is 2.27. The Bertz CT molecular complexity index is 981. The predicted molar refractivity (Wildman–Crippen MR) is 104 cm³/mol. The molecule has 1 heterocycles. The van der Waals surface area contributed by atoms with Crippen LogP contribution in [0.5, 0.6) is 0 Å². The fourth-order valence-corrected chi connectivity index (χ4v) is 5.33. The van der Waals surface area contributed by atoms with E-state index in [0.717, 1.165) is 17.0 Å². The highest BCUT2D eigenvalue weighted by atomic mass is 35.5. The van der Waals surface area contributed by atoms with E-state index in [1.165, 1.54) is 16.1 Å². The SMILES string of the molecule is O=C(CSc1ccccc1Cl)N1CCN(S(=O)(=O)c2ccc(F)c(F)c2)CC1. The Balaban J connectivity index is 1.58. The van der Waals surface area contributed by atoms with Gasteiger partial charge in [-0.3, -0.25) is 4.79 Å². The molecule has 2 aromatic rings. The molecule has 10 heteroatoms. The van der Waals surface area contributed by atoms with Crippen LogP contribution in [0.1, 0.15) is 0 Å². The second-order valence-electron chi connectivity index (χ2n) is 6.08. The van der Waals surface area contributed by atoms with Crippen molar-refractivity contribution in [3.63, 3.8) is 0 Å². The molecule has 0 N–H and O–H groups in total. The van der Waals surface area contributed by atoms with Crippen molar-refractivity contribution in [1.29, 1.82) is 0 Å². The van der Waals surface area contributed by atoms with Gasteiger partial charge in [0.15, 0.2) is 11.6 Å². The van der Waals surface area contributed by atoms with Crippen LogP contribution in [0.15, 0.2) is 52.3 Å². The number of hydrogen-bond donors (Lipinski definition) is 0. The van der Waals surface area contributed by atoms with E-state index < -0.39 is 21.7 Å². The lowest BCUT2D eigenvalue weighted by Gasteiger charge is -2.34. The number of benzene rings is 2. The van der Waals surface area contributed by atoms with E-state index in [-0.39, 0.29) is 42.7 Å². The van der Waals surface area contributed by atoms with Gasteiger partial charge < -0.3 is 4.90 Å². The Morgan fingerprint density at radius 3 is 2.36 bits per heavy atom. The molecular weight excluding hydrogens is 430 g/mol. The molecule has 1 aliphatic rings. The highest BCUT2D eigenvalue weighted by Gasteiger charge is 2.30. The first-order chi connectivity index (χ1) is 13.3. The number of piperazine rings is 1. The van der Waals surface area contributed by atoms with Gasteiger partial charge in [-0.1, -0.05) is 23.7 Å². The van der Waals surface area contributed by atoms with Crippen LogP contribution in [0.4, 0.5) is 8.78 Å². The van der Waals surface area contributed by atoms with Gasteiger partial charge in [0.2, 0.25) is 15.9 Å². The molecule has 0 aliphatic carbocycles. The third-order valence-electron chi connectivity index (χ3n) is 4.31. The highest BCUT2D eigenvalue weighted by molar-refractivity contribution is 8.00. The number of halogens is 3. The van der Waals surface area contributed by atoms with Gasteiger partial charge in [0.1, 0.15) is 0 Å². The summed E-state index contributed by atoms with van der Waals surface area (Å²) in [5.41, 5.74) is 0. The maximum Gasteiger partial charge on any atom is 0.243 e. The molecule has 1 fully saturated rings. The van der Waals surface area contributed by atoms with Gasteiger partial charge in [0.25, 0.3) is 0 Å². The molecule has 150 valence electrons. The van der Waals surface area contributed by atoms with E-state index in [2.05, 4.69) is 0 Å². The van der Waals surface area contributed by atoms with Crippen LogP contribution in [0.25, 0.3) is 0 Å². The van der Waals surface area contributed by atoms with Gasteiger partial charge in [0, 0.05) is 31.1 Å². The number of hydrogen-bond acceptors (Lipinski definition) is 4. The Labute approximate surface area is 171 Å². The summed E-state index contributed by atoms with van der Waals surface area (Å²) in [5, 5.41) is 0.572. The molecule has 0 saturated carbocycles. The molecule has 1 amide bonds. The standard InChI is InChI=1S/C18H17ClF2N2O3S2/c19-14-3-1-2-4-17(14)27-12-18(24)22-7-9-23(10-8-22)28(25,26)13-5-6-15(20)16(21)11-13/h1-6,11H,7-10,12H2. The van der Waals surface area contributed by atoms with E-state index in [4.69, 9.17) is 11.6 Å². The minimum Gasteiger partial charge on any atom is -0.339 e. The zero-order valence-corrected chi connectivity index (χ0v) is 17.0. The number of rotatable bonds is 5. The van der Waals surface area contributed by atoms with Crippen LogP contribution in [0, 0.1) is 11.6 Å². The summed E-state index contributed by atoms with van der Waals surface area (Å²) in [6.07, 6.45) is 0. The van der Waals surface area contributed by atoms with Crippen LogP contribution in [0.3, 0.4) is 0 Å². The number of thioether (sulfide) groups is 1. The van der Waals surface area contributed by atoms with Crippen LogP contribution in [-0.2, 0) is 14.8 Å². The molecule has 0 spiro atoms. The maximum atomic E-state index is 13.4. The van der Waals surface area contributed by atoms with Crippen LogP contribution >= 0.6 is 23.4 Å². The molecule has 0 aromatic heterocycles. The lowest BCUT2D eigenvalue weighted by molar-refractivity contribution is -0.129. The van der Waals surface area contributed by atoms with E-state index in [9.17, 15) is 22.0 Å². The van der Waals surface area contributed by atoms with Crippen LogP contribution in [-0.4, -0.2) is 55.5 Å². The van der Waals surface area contributed by atoms with Crippen molar-refractivity contribution in [1.82, 2.24) is 9.21 Å². The van der Waals surface area contributed by atoms with Gasteiger partial charge >= 0.3 is 0 Å². The van der Waals surface area contributed by atoms with Crippen molar-refractivity contribution in [3.8, 4) is 0 Å². The van der Waals surface area contributed by atoms with Crippen molar-refractivity contribution in [2.45, 2.75) is 9.79 Å². The van der Waals surface area contributed by atoms with E-state index >= 15 is 0 Å². The molecule has 1 aliphatic heterocycles. The Kier molecular flexibility index (Phi) is 6.59. The quantitative estimate of drug-likeness (QED) is 0.661. The van der Waals surface area contributed by atoms with Crippen LogP contribution in [0.2, 0.25) is 5.02 Å². The summed E-state index contributed by atoms with van der Waals surface area (Å²) in [5.74, 6) is -2.24. The monoisotopic (exact) mass is 446 g/mol. The number of nitrogens with zero attached hydrogens (tertiary/aromatic N) is 2. The largest absolute Gasteiger partial charge is 0.339 e. The van der Waals surface area contributed by atoms with Gasteiger partial charge in [-0.05, 0) is 30.3 Å². The summed E-state index contributed by atoms with van der Waals surface area (Å²) >= 11 is 7.40. The van der Waals surface area contributed by atoms with Crippen molar-refractivity contribution in [3.05, 3.63) is 59.1 Å². The molecule has 0 atom stereocenters. The molecule has 5 nitrogen and oxygen atoms in total. The first-order valence-electron chi connectivity index (χ1n) is 8.39. The summed E-state index contributed by atoms with van der Waals surface area (Å²) < 4.78 is 52.8. The van der Waals surface area contributed by atoms with Crippen molar-refractivity contribution >= 4 is 39.3 Å². The normalized spacial score (nSPS) is 15.6. The summed E-state index contributed by atoms with van der Waals surface area (Å²) in [7, 11) is -3.95. The Hall–Kier alpha value is -1.68. The average Bonchev–Trinajstić information content (AvgIpc) is 2.69. The van der Waals surface area contributed by atoms with Gasteiger partial charge in [-0.15, -0.1) is 11.8 Å². The first kappa shape index (κ1) is 21.0. The van der Waals surface area contributed by atoms with Crippen molar-refractivity contribution in [2.75, 3.05) is 31.9 Å². The van der Waals surface area contributed by atoms with Crippen molar-refractivity contribution in [2.24, 2.45) is 0 Å². The topological polar surface area (TPSA) is 57.7 Å². The molecule has 3 rings (SSSR count). The van der Waals surface area contributed by atoms with E-state index in [0.29, 0.717) is 11.1 Å². The lowest BCUT2D eigenvalue weighted by atomic mass is 10.3. The zero-order valence-electron chi connectivity index (χ0n) is 14.6. The molecule has 0 bridgehead atoms. The number of amides is 1. The first-order valence-corrected chi connectivity index (χ1v) is 11.2.